The van der Waals surface area contributed by atoms with Crippen LogP contribution in [0.15, 0.2) is 20.1 Å². The Morgan fingerprint density at radius 3 is 2.88 bits per heavy atom. The van der Waals surface area contributed by atoms with Gasteiger partial charge in [-0.15, -0.1) is 11.3 Å². The molecule has 1 saturated heterocycles. The van der Waals surface area contributed by atoms with Crippen LogP contribution < -0.4 is 4.72 Å². The van der Waals surface area contributed by atoms with Crippen LogP contribution in [0.5, 0.6) is 0 Å². The van der Waals surface area contributed by atoms with E-state index in [0.717, 1.165) is 16.0 Å². The molecule has 0 saturated carbocycles. The van der Waals surface area contributed by atoms with Gasteiger partial charge in [-0.25, -0.2) is 13.1 Å². The van der Waals surface area contributed by atoms with Crippen LogP contribution in [0.4, 0.5) is 0 Å². The minimum Gasteiger partial charge on any atom is -0.209 e. The summed E-state index contributed by atoms with van der Waals surface area (Å²) < 4.78 is 27.6. The van der Waals surface area contributed by atoms with Gasteiger partial charge in [0.15, 0.2) is 0 Å². The quantitative estimate of drug-likeness (QED) is 0.915. The van der Waals surface area contributed by atoms with Crippen molar-refractivity contribution in [1.82, 2.24) is 4.72 Å². The average molecular weight is 342 g/mol. The van der Waals surface area contributed by atoms with Gasteiger partial charge in [0.25, 0.3) is 0 Å². The number of sulfonamides is 1. The maximum atomic E-state index is 11.9. The van der Waals surface area contributed by atoms with E-state index in [1.807, 2.05) is 11.8 Å². The van der Waals surface area contributed by atoms with Crippen LogP contribution in [-0.2, 0) is 10.0 Å². The second-order valence-electron chi connectivity index (χ2n) is 3.55. The first-order chi connectivity index (χ1) is 7.58. The Kier molecular flexibility index (Phi) is 4.34. The van der Waals surface area contributed by atoms with E-state index >= 15 is 0 Å². The van der Waals surface area contributed by atoms with E-state index < -0.39 is 10.0 Å². The van der Waals surface area contributed by atoms with Gasteiger partial charge < -0.3 is 0 Å². The fraction of sp³-hybridized carbons (Fsp3) is 0.556. The van der Waals surface area contributed by atoms with Gasteiger partial charge in [0.1, 0.15) is 4.21 Å². The summed E-state index contributed by atoms with van der Waals surface area (Å²) in [5, 5.41) is 0.443. The minimum absolute atomic E-state index is 0.377. The molecule has 0 bridgehead atoms. The van der Waals surface area contributed by atoms with Crippen LogP contribution in [0, 0.1) is 0 Å². The molecular weight excluding hydrogens is 330 g/mol. The molecular formula is C9H12BrNO2S3. The lowest BCUT2D eigenvalue weighted by molar-refractivity contribution is 0.581. The molecule has 16 heavy (non-hydrogen) atoms. The van der Waals surface area contributed by atoms with E-state index in [1.54, 1.807) is 12.1 Å². The lowest BCUT2D eigenvalue weighted by atomic mass is 10.2. The van der Waals surface area contributed by atoms with Gasteiger partial charge in [-0.05, 0) is 46.7 Å². The first kappa shape index (κ1) is 12.9. The molecule has 1 aliphatic rings. The molecule has 0 radical (unpaired) electrons. The van der Waals surface area contributed by atoms with Gasteiger partial charge >= 0.3 is 0 Å². The molecule has 7 heteroatoms. The summed E-state index contributed by atoms with van der Waals surface area (Å²) in [6.07, 6.45) is 2.31. The van der Waals surface area contributed by atoms with Crippen molar-refractivity contribution in [1.29, 1.82) is 0 Å². The highest BCUT2D eigenvalue weighted by Gasteiger charge is 2.21. The Bertz CT molecular complexity index is 451. The highest BCUT2D eigenvalue weighted by Crippen LogP contribution is 2.28. The highest BCUT2D eigenvalue weighted by atomic mass is 79.9. The normalized spacial score (nSPS) is 21.4. The molecule has 2 rings (SSSR count). The van der Waals surface area contributed by atoms with Gasteiger partial charge in [0.05, 0.1) is 3.79 Å². The topological polar surface area (TPSA) is 46.2 Å². The lowest BCUT2D eigenvalue weighted by Gasteiger charge is -2.09. The largest absolute Gasteiger partial charge is 0.250 e. The number of nitrogens with one attached hydrogen (secondary N) is 1. The molecule has 90 valence electrons. The molecule has 2 heterocycles. The molecule has 0 spiro atoms. The summed E-state index contributed by atoms with van der Waals surface area (Å²) in [5.74, 6) is 1.15. The van der Waals surface area contributed by atoms with Gasteiger partial charge in [-0.1, -0.05) is 0 Å². The SMILES string of the molecule is O=S(=O)(NCC1CCCS1)c1ccc(Br)s1. The van der Waals surface area contributed by atoms with Crippen molar-refractivity contribution in [2.75, 3.05) is 12.3 Å². The number of hydrogen-bond donors (Lipinski definition) is 1. The summed E-state index contributed by atoms with van der Waals surface area (Å²) in [5.41, 5.74) is 0. The van der Waals surface area contributed by atoms with E-state index in [0.29, 0.717) is 16.0 Å². The molecule has 1 aliphatic heterocycles. The average Bonchev–Trinajstić information content (AvgIpc) is 2.85. The van der Waals surface area contributed by atoms with Crippen molar-refractivity contribution >= 4 is 49.1 Å². The summed E-state index contributed by atoms with van der Waals surface area (Å²) in [6.45, 7) is 0.544. The molecule has 1 unspecified atom stereocenters. The molecule has 1 aromatic heterocycles. The van der Waals surface area contributed by atoms with E-state index in [1.165, 1.54) is 17.8 Å². The van der Waals surface area contributed by atoms with E-state index in [-0.39, 0.29) is 0 Å². The Labute approximate surface area is 112 Å². The Morgan fingerprint density at radius 2 is 2.31 bits per heavy atom. The second kappa shape index (κ2) is 5.39. The molecule has 1 fully saturated rings. The Balaban J connectivity index is 1.97. The third-order valence-corrected chi connectivity index (χ3v) is 7.28. The second-order valence-corrected chi connectivity index (χ2v) is 9.41. The molecule has 3 nitrogen and oxygen atoms in total. The highest BCUT2D eigenvalue weighted by molar-refractivity contribution is 9.11. The molecule has 1 N–H and O–H groups in total. The maximum absolute atomic E-state index is 11.9. The predicted octanol–water partition coefficient (Wildman–Crippen LogP) is 2.68. The van der Waals surface area contributed by atoms with Crippen LogP contribution in [-0.4, -0.2) is 26.0 Å². The number of halogens is 1. The first-order valence-corrected chi connectivity index (χ1v) is 9.09. The van der Waals surface area contributed by atoms with Crippen molar-refractivity contribution in [2.45, 2.75) is 22.3 Å². The minimum atomic E-state index is -3.30. The molecule has 0 amide bonds. The molecule has 1 atom stereocenters. The zero-order valence-corrected chi connectivity index (χ0v) is 12.5. The fourth-order valence-electron chi connectivity index (χ4n) is 1.52. The van der Waals surface area contributed by atoms with E-state index in [4.69, 9.17) is 0 Å². The maximum Gasteiger partial charge on any atom is 0.250 e. The number of rotatable bonds is 4. The summed E-state index contributed by atoms with van der Waals surface area (Å²) in [4.78, 5) is 0. The summed E-state index contributed by atoms with van der Waals surface area (Å²) >= 11 is 6.35. The predicted molar refractivity (Wildman–Crippen MR) is 72.7 cm³/mol. The van der Waals surface area contributed by atoms with E-state index in [2.05, 4.69) is 20.7 Å². The van der Waals surface area contributed by atoms with Crippen LogP contribution in [0.25, 0.3) is 0 Å². The fourth-order valence-corrected chi connectivity index (χ4v) is 5.96. The molecule has 1 aromatic rings. The van der Waals surface area contributed by atoms with Gasteiger partial charge in [-0.2, -0.15) is 11.8 Å². The molecule has 0 aliphatic carbocycles. The van der Waals surface area contributed by atoms with Crippen molar-refractivity contribution in [3.8, 4) is 0 Å². The zero-order chi connectivity index (χ0) is 11.6. The third-order valence-electron chi connectivity index (χ3n) is 2.34. The van der Waals surface area contributed by atoms with E-state index in [9.17, 15) is 8.42 Å². The lowest BCUT2D eigenvalue weighted by Crippen LogP contribution is -2.29. The van der Waals surface area contributed by atoms with Crippen LogP contribution >= 0.6 is 39.0 Å². The van der Waals surface area contributed by atoms with Crippen molar-refractivity contribution in [3.05, 3.63) is 15.9 Å². The van der Waals surface area contributed by atoms with Crippen molar-refractivity contribution in [2.24, 2.45) is 0 Å². The first-order valence-electron chi connectivity index (χ1n) is 4.94. The zero-order valence-electron chi connectivity index (χ0n) is 8.48. The monoisotopic (exact) mass is 341 g/mol. The third kappa shape index (κ3) is 3.22. The van der Waals surface area contributed by atoms with Crippen molar-refractivity contribution in [3.63, 3.8) is 0 Å². The summed E-state index contributed by atoms with van der Waals surface area (Å²) in [7, 11) is -3.30. The van der Waals surface area contributed by atoms with Gasteiger partial charge in [-0.3, -0.25) is 0 Å². The van der Waals surface area contributed by atoms with Crippen LogP contribution in [0.2, 0.25) is 0 Å². The number of thiophene rings is 1. The molecule has 0 aromatic carbocycles. The van der Waals surface area contributed by atoms with Gasteiger partial charge in [0.2, 0.25) is 10.0 Å². The Hall–Kier alpha value is 0.440. The number of hydrogen-bond acceptors (Lipinski definition) is 4. The van der Waals surface area contributed by atoms with Crippen molar-refractivity contribution < 1.29 is 8.42 Å². The smallest absolute Gasteiger partial charge is 0.209 e. The summed E-state index contributed by atoms with van der Waals surface area (Å²) in [6, 6.07) is 3.38. The number of thioether (sulfide) groups is 1. The van der Waals surface area contributed by atoms with Crippen LogP contribution in [0.1, 0.15) is 12.8 Å². The standard InChI is InChI=1S/C9H12BrNO2S3/c10-8-3-4-9(15-8)16(12,13)11-6-7-2-1-5-14-7/h3-4,7,11H,1-2,5-6H2. The Morgan fingerprint density at radius 1 is 1.50 bits per heavy atom. The van der Waals surface area contributed by atoms with Crippen LogP contribution in [0.3, 0.4) is 0 Å². The van der Waals surface area contributed by atoms with Gasteiger partial charge in [0, 0.05) is 11.8 Å².